The van der Waals surface area contributed by atoms with Gasteiger partial charge in [0.2, 0.25) is 11.5 Å². The van der Waals surface area contributed by atoms with Crippen LogP contribution in [0.5, 0.6) is 0 Å². The molecule has 0 radical (unpaired) electrons. The highest BCUT2D eigenvalue weighted by Gasteiger charge is 2.32. The van der Waals surface area contributed by atoms with Crippen LogP contribution in [0.1, 0.15) is 16.1 Å². The number of carbonyl (C=O) groups excluding carboxylic acids is 1. The maximum absolute atomic E-state index is 12.2. The average molecular weight is 262 g/mol. The van der Waals surface area contributed by atoms with Gasteiger partial charge in [-0.25, -0.2) is 0 Å². The normalized spacial score (nSPS) is 12.1. The second kappa shape index (κ2) is 4.06. The van der Waals surface area contributed by atoms with E-state index in [2.05, 4.69) is 10.3 Å². The maximum atomic E-state index is 12.2. The molecule has 1 aliphatic rings. The smallest absolute Gasteiger partial charge is 0.300 e. The van der Waals surface area contributed by atoms with Crippen LogP contribution in [0.3, 0.4) is 0 Å². The molecule has 0 atom stereocenters. The SMILES string of the molecule is O=C1c2ccccc2-c2nc(Nc3ccccc3)oc21. The second-order valence-electron chi connectivity index (χ2n) is 4.56. The molecule has 0 amide bonds. The number of benzene rings is 2. The first-order chi connectivity index (χ1) is 9.83. The fraction of sp³-hybridized carbons (Fsp3) is 0. The van der Waals surface area contributed by atoms with E-state index in [1.165, 1.54) is 0 Å². The highest BCUT2D eigenvalue weighted by Crippen LogP contribution is 2.37. The van der Waals surface area contributed by atoms with Crippen molar-refractivity contribution < 1.29 is 9.21 Å². The average Bonchev–Trinajstić information content (AvgIpc) is 3.01. The molecule has 1 N–H and O–H groups in total. The predicted molar refractivity (Wildman–Crippen MR) is 75.1 cm³/mol. The summed E-state index contributed by atoms with van der Waals surface area (Å²) >= 11 is 0. The van der Waals surface area contributed by atoms with E-state index in [4.69, 9.17) is 4.42 Å². The molecule has 0 fully saturated rings. The fourth-order valence-electron chi connectivity index (χ4n) is 2.36. The third-order valence-corrected chi connectivity index (χ3v) is 3.29. The Morgan fingerprint density at radius 1 is 0.900 bits per heavy atom. The Hall–Kier alpha value is -2.88. The van der Waals surface area contributed by atoms with Gasteiger partial charge in [-0.05, 0) is 12.1 Å². The van der Waals surface area contributed by atoms with Crippen molar-refractivity contribution in [1.82, 2.24) is 4.98 Å². The predicted octanol–water partition coefficient (Wildman–Crippen LogP) is 3.63. The molecule has 0 saturated carbocycles. The molecule has 3 aromatic rings. The van der Waals surface area contributed by atoms with E-state index in [9.17, 15) is 4.79 Å². The molecule has 0 spiro atoms. The van der Waals surface area contributed by atoms with Gasteiger partial charge in [0.05, 0.1) is 0 Å². The highest BCUT2D eigenvalue weighted by molar-refractivity contribution is 6.19. The zero-order chi connectivity index (χ0) is 13.5. The molecule has 1 heterocycles. The summed E-state index contributed by atoms with van der Waals surface area (Å²) in [5.74, 6) is 0.203. The van der Waals surface area contributed by atoms with Gasteiger partial charge in [-0.2, -0.15) is 4.98 Å². The number of carbonyl (C=O) groups is 1. The topological polar surface area (TPSA) is 55.1 Å². The monoisotopic (exact) mass is 262 g/mol. The minimum Gasteiger partial charge on any atom is -0.419 e. The Labute approximate surface area is 115 Å². The van der Waals surface area contributed by atoms with Crippen LogP contribution in [0, 0.1) is 0 Å². The molecular formula is C16H10N2O2. The van der Waals surface area contributed by atoms with Crippen LogP contribution in [0.4, 0.5) is 11.7 Å². The quantitative estimate of drug-likeness (QED) is 0.599. The molecule has 4 nitrogen and oxygen atoms in total. The largest absolute Gasteiger partial charge is 0.419 e. The summed E-state index contributed by atoms with van der Waals surface area (Å²) in [6.07, 6.45) is 0. The Morgan fingerprint density at radius 3 is 2.40 bits per heavy atom. The summed E-state index contributed by atoms with van der Waals surface area (Å²) in [4.78, 5) is 16.6. The van der Waals surface area contributed by atoms with Crippen molar-refractivity contribution in [3.05, 3.63) is 65.9 Å². The summed E-state index contributed by atoms with van der Waals surface area (Å²) in [6.45, 7) is 0. The number of nitrogens with one attached hydrogen (secondary N) is 1. The van der Waals surface area contributed by atoms with Gasteiger partial charge in [0.25, 0.3) is 6.01 Å². The third kappa shape index (κ3) is 1.55. The first-order valence-electron chi connectivity index (χ1n) is 6.30. The minimum atomic E-state index is -0.107. The van der Waals surface area contributed by atoms with Gasteiger partial charge >= 0.3 is 0 Å². The molecular weight excluding hydrogens is 252 g/mol. The van der Waals surface area contributed by atoms with Crippen LogP contribution in [0.25, 0.3) is 11.3 Å². The fourth-order valence-corrected chi connectivity index (χ4v) is 2.36. The lowest BCUT2D eigenvalue weighted by Crippen LogP contribution is -1.94. The summed E-state index contributed by atoms with van der Waals surface area (Å²) < 4.78 is 5.55. The zero-order valence-corrected chi connectivity index (χ0v) is 10.5. The number of rotatable bonds is 2. The van der Waals surface area contributed by atoms with Gasteiger partial charge in [0, 0.05) is 16.8 Å². The van der Waals surface area contributed by atoms with Gasteiger partial charge in [-0.1, -0.05) is 42.5 Å². The number of ketones is 1. The first-order valence-corrected chi connectivity index (χ1v) is 6.30. The lowest BCUT2D eigenvalue weighted by Gasteiger charge is -2.01. The van der Waals surface area contributed by atoms with Crippen molar-refractivity contribution in [3.63, 3.8) is 0 Å². The van der Waals surface area contributed by atoms with E-state index in [-0.39, 0.29) is 5.78 Å². The van der Waals surface area contributed by atoms with Crippen LogP contribution in [0.2, 0.25) is 0 Å². The van der Waals surface area contributed by atoms with Crippen molar-refractivity contribution in [2.75, 3.05) is 5.32 Å². The number of hydrogen-bond donors (Lipinski definition) is 1. The first kappa shape index (κ1) is 11.0. The number of para-hydroxylation sites is 1. The van der Waals surface area contributed by atoms with Gasteiger partial charge in [-0.3, -0.25) is 4.79 Å². The van der Waals surface area contributed by atoms with E-state index < -0.39 is 0 Å². The van der Waals surface area contributed by atoms with Crippen LogP contribution >= 0.6 is 0 Å². The summed E-state index contributed by atoms with van der Waals surface area (Å²) in [5.41, 5.74) is 2.97. The molecule has 1 aromatic heterocycles. The summed E-state index contributed by atoms with van der Waals surface area (Å²) in [7, 11) is 0. The molecule has 4 heteroatoms. The molecule has 0 bridgehead atoms. The molecule has 4 rings (SSSR count). The van der Waals surface area contributed by atoms with Crippen molar-refractivity contribution in [1.29, 1.82) is 0 Å². The van der Waals surface area contributed by atoms with E-state index in [0.717, 1.165) is 11.3 Å². The number of anilines is 2. The number of fused-ring (bicyclic) bond motifs is 3. The zero-order valence-electron chi connectivity index (χ0n) is 10.5. The molecule has 20 heavy (non-hydrogen) atoms. The highest BCUT2D eigenvalue weighted by atomic mass is 16.4. The molecule has 2 aromatic carbocycles. The maximum Gasteiger partial charge on any atom is 0.300 e. The van der Waals surface area contributed by atoms with E-state index in [1.54, 1.807) is 6.07 Å². The minimum absolute atomic E-state index is 0.107. The Kier molecular flexibility index (Phi) is 2.23. The molecule has 0 aliphatic heterocycles. The van der Waals surface area contributed by atoms with Crippen molar-refractivity contribution in [2.45, 2.75) is 0 Å². The standard InChI is InChI=1S/C16H10N2O2/c19-14-12-9-5-4-8-11(12)13-15(14)20-16(18-13)17-10-6-2-1-3-7-10/h1-9H,(H,17,18). The number of aromatic nitrogens is 1. The van der Waals surface area contributed by atoms with Crippen molar-refractivity contribution >= 4 is 17.5 Å². The molecule has 96 valence electrons. The van der Waals surface area contributed by atoms with Crippen molar-refractivity contribution in [2.24, 2.45) is 0 Å². The second-order valence-corrected chi connectivity index (χ2v) is 4.56. The van der Waals surface area contributed by atoms with Gasteiger partial charge in [0.1, 0.15) is 5.69 Å². The number of nitrogens with zero attached hydrogens (tertiary/aromatic N) is 1. The Balaban J connectivity index is 1.76. The Bertz CT molecular complexity index is 806. The molecule has 0 unspecified atom stereocenters. The summed E-state index contributed by atoms with van der Waals surface area (Å²) in [6, 6.07) is 17.3. The van der Waals surface area contributed by atoms with E-state index in [1.807, 2.05) is 48.5 Å². The van der Waals surface area contributed by atoms with Crippen molar-refractivity contribution in [3.8, 4) is 11.3 Å². The van der Waals surface area contributed by atoms with E-state index >= 15 is 0 Å². The third-order valence-electron chi connectivity index (χ3n) is 3.29. The number of hydrogen-bond acceptors (Lipinski definition) is 4. The lowest BCUT2D eigenvalue weighted by molar-refractivity contribution is 0.102. The van der Waals surface area contributed by atoms with Crippen LogP contribution in [-0.2, 0) is 0 Å². The van der Waals surface area contributed by atoms with Crippen LogP contribution in [0.15, 0.2) is 59.0 Å². The summed E-state index contributed by atoms with van der Waals surface area (Å²) in [5, 5.41) is 3.05. The van der Waals surface area contributed by atoms with Gasteiger partial charge < -0.3 is 9.73 Å². The van der Waals surface area contributed by atoms with Crippen LogP contribution < -0.4 is 5.32 Å². The molecule has 0 saturated heterocycles. The number of oxazole rings is 1. The van der Waals surface area contributed by atoms with Gasteiger partial charge in [-0.15, -0.1) is 0 Å². The van der Waals surface area contributed by atoms with E-state index in [0.29, 0.717) is 23.0 Å². The van der Waals surface area contributed by atoms with Crippen LogP contribution in [-0.4, -0.2) is 10.8 Å². The molecule has 1 aliphatic carbocycles. The van der Waals surface area contributed by atoms with Gasteiger partial charge in [0.15, 0.2) is 0 Å². The Morgan fingerprint density at radius 2 is 1.60 bits per heavy atom. The lowest BCUT2D eigenvalue weighted by atomic mass is 10.1.